The zero-order chi connectivity index (χ0) is 9.07. The minimum Gasteiger partial charge on any atom is -0.450 e. The van der Waals surface area contributed by atoms with Crippen LogP contribution in [0.25, 0.3) is 0 Å². The van der Waals surface area contributed by atoms with Crippen molar-refractivity contribution in [3.05, 3.63) is 0 Å². The molecule has 0 bridgehead atoms. The normalized spacial score (nSPS) is 24.8. The number of hydrogen-bond acceptors (Lipinski definition) is 2. The van der Waals surface area contributed by atoms with E-state index in [0.29, 0.717) is 17.9 Å². The van der Waals surface area contributed by atoms with Crippen LogP contribution in [0.2, 0.25) is 0 Å². The number of carbonyl (C=O) groups is 1. The SMILES string of the molecule is CC1(C)CC1CO.O=C(O)O. The summed E-state index contributed by atoms with van der Waals surface area (Å²) >= 11 is 0. The molecule has 0 aromatic rings. The van der Waals surface area contributed by atoms with Crippen LogP contribution < -0.4 is 0 Å². The molecule has 1 unspecified atom stereocenters. The van der Waals surface area contributed by atoms with Crippen LogP contribution in [0.1, 0.15) is 20.3 Å². The smallest absolute Gasteiger partial charge is 0.450 e. The lowest BCUT2D eigenvalue weighted by Gasteiger charge is -1.95. The van der Waals surface area contributed by atoms with Gasteiger partial charge in [0.25, 0.3) is 0 Å². The molecule has 66 valence electrons. The molecule has 0 heterocycles. The summed E-state index contributed by atoms with van der Waals surface area (Å²) in [4.78, 5) is 8.56. The fraction of sp³-hybridized carbons (Fsp3) is 0.857. The molecule has 0 aromatic heterocycles. The molecular weight excluding hydrogens is 148 g/mol. The van der Waals surface area contributed by atoms with Gasteiger partial charge >= 0.3 is 6.16 Å². The standard InChI is InChI=1S/C6H12O.CH2O3/c1-6(2)3-5(6)4-7;2-1(3)4/h5,7H,3-4H2,1-2H3;(H2,2,3,4). The average Bonchev–Trinajstić information content (AvgIpc) is 2.38. The van der Waals surface area contributed by atoms with Gasteiger partial charge in [-0.3, -0.25) is 0 Å². The third kappa shape index (κ3) is 4.61. The van der Waals surface area contributed by atoms with Crippen molar-refractivity contribution in [3.63, 3.8) is 0 Å². The average molecular weight is 162 g/mol. The number of aliphatic hydroxyl groups is 1. The molecule has 1 rings (SSSR count). The first-order valence-electron chi connectivity index (χ1n) is 3.43. The van der Waals surface area contributed by atoms with Gasteiger partial charge in [-0.1, -0.05) is 13.8 Å². The van der Waals surface area contributed by atoms with E-state index in [1.165, 1.54) is 6.42 Å². The summed E-state index contributed by atoms with van der Waals surface area (Å²) in [7, 11) is 0. The highest BCUT2D eigenvalue weighted by atomic mass is 16.6. The first-order chi connectivity index (χ1) is 4.90. The lowest BCUT2D eigenvalue weighted by molar-refractivity contribution is 0.137. The van der Waals surface area contributed by atoms with E-state index in [1.807, 2.05) is 0 Å². The van der Waals surface area contributed by atoms with Crippen molar-refractivity contribution in [2.24, 2.45) is 11.3 Å². The van der Waals surface area contributed by atoms with Crippen molar-refractivity contribution in [2.45, 2.75) is 20.3 Å². The molecule has 11 heavy (non-hydrogen) atoms. The molecule has 1 aliphatic rings. The minimum absolute atomic E-state index is 0.382. The molecule has 1 atom stereocenters. The Morgan fingerprint density at radius 2 is 1.82 bits per heavy atom. The second-order valence-electron chi connectivity index (χ2n) is 3.35. The van der Waals surface area contributed by atoms with Gasteiger partial charge in [-0.2, -0.15) is 0 Å². The predicted octanol–water partition coefficient (Wildman–Crippen LogP) is 1.25. The van der Waals surface area contributed by atoms with Gasteiger partial charge in [-0.05, 0) is 17.8 Å². The molecule has 1 saturated carbocycles. The van der Waals surface area contributed by atoms with Crippen LogP contribution in [-0.2, 0) is 0 Å². The summed E-state index contributed by atoms with van der Waals surface area (Å²) < 4.78 is 0. The molecule has 1 aliphatic carbocycles. The van der Waals surface area contributed by atoms with Crippen LogP contribution >= 0.6 is 0 Å². The summed E-state index contributed by atoms with van der Waals surface area (Å²) in [5, 5.41) is 22.5. The fourth-order valence-corrected chi connectivity index (χ4v) is 0.888. The van der Waals surface area contributed by atoms with E-state index < -0.39 is 6.16 Å². The Hall–Kier alpha value is -0.770. The molecule has 0 radical (unpaired) electrons. The highest BCUT2D eigenvalue weighted by Crippen LogP contribution is 2.50. The highest BCUT2D eigenvalue weighted by molar-refractivity contribution is 5.53. The Balaban J connectivity index is 0.000000218. The van der Waals surface area contributed by atoms with E-state index in [9.17, 15) is 0 Å². The van der Waals surface area contributed by atoms with Crippen LogP contribution in [0, 0.1) is 11.3 Å². The van der Waals surface area contributed by atoms with E-state index in [1.54, 1.807) is 0 Å². The molecular formula is C7H14O4. The lowest BCUT2D eigenvalue weighted by atomic mass is 10.1. The van der Waals surface area contributed by atoms with Gasteiger partial charge in [0.2, 0.25) is 0 Å². The molecule has 0 aliphatic heterocycles. The van der Waals surface area contributed by atoms with Gasteiger partial charge in [-0.25, -0.2) is 4.79 Å². The van der Waals surface area contributed by atoms with E-state index >= 15 is 0 Å². The second kappa shape index (κ2) is 3.57. The Labute approximate surface area is 65.5 Å². The lowest BCUT2D eigenvalue weighted by Crippen LogP contribution is -1.93. The second-order valence-corrected chi connectivity index (χ2v) is 3.35. The predicted molar refractivity (Wildman–Crippen MR) is 39.6 cm³/mol. The van der Waals surface area contributed by atoms with Crippen LogP contribution in [0.3, 0.4) is 0 Å². The third-order valence-corrected chi connectivity index (χ3v) is 1.94. The quantitative estimate of drug-likeness (QED) is 0.542. The summed E-state index contributed by atoms with van der Waals surface area (Å²) in [6.07, 6.45) is -0.622. The van der Waals surface area contributed by atoms with Gasteiger partial charge < -0.3 is 15.3 Å². The van der Waals surface area contributed by atoms with Crippen LogP contribution in [0.5, 0.6) is 0 Å². The van der Waals surface area contributed by atoms with Crippen molar-refractivity contribution in [1.29, 1.82) is 0 Å². The van der Waals surface area contributed by atoms with Crippen molar-refractivity contribution < 1.29 is 20.1 Å². The maximum Gasteiger partial charge on any atom is 0.503 e. The maximum atomic E-state index is 8.56. The number of hydrogen-bond donors (Lipinski definition) is 3. The summed E-state index contributed by atoms with van der Waals surface area (Å²) in [5.74, 6) is 0.604. The van der Waals surface area contributed by atoms with E-state index in [0.717, 1.165) is 0 Å². The molecule has 4 heteroatoms. The number of rotatable bonds is 1. The molecule has 1 fully saturated rings. The van der Waals surface area contributed by atoms with Gasteiger partial charge in [0, 0.05) is 6.61 Å². The summed E-state index contributed by atoms with van der Waals surface area (Å²) in [5.41, 5.74) is 0.467. The Morgan fingerprint density at radius 1 is 1.55 bits per heavy atom. The molecule has 0 saturated heterocycles. The number of aliphatic hydroxyl groups excluding tert-OH is 1. The van der Waals surface area contributed by atoms with E-state index in [-0.39, 0.29) is 0 Å². The van der Waals surface area contributed by atoms with Crippen LogP contribution in [0.15, 0.2) is 0 Å². The first-order valence-corrected chi connectivity index (χ1v) is 3.43. The van der Waals surface area contributed by atoms with Crippen molar-refractivity contribution in [3.8, 4) is 0 Å². The van der Waals surface area contributed by atoms with Gasteiger partial charge in [-0.15, -0.1) is 0 Å². The Kier molecular flexibility index (Phi) is 3.32. The molecule has 3 N–H and O–H groups in total. The topological polar surface area (TPSA) is 77.8 Å². The van der Waals surface area contributed by atoms with E-state index in [4.69, 9.17) is 20.1 Å². The largest absolute Gasteiger partial charge is 0.503 e. The van der Waals surface area contributed by atoms with Crippen LogP contribution in [0.4, 0.5) is 4.79 Å². The van der Waals surface area contributed by atoms with Crippen molar-refractivity contribution in [1.82, 2.24) is 0 Å². The zero-order valence-corrected chi connectivity index (χ0v) is 6.74. The highest BCUT2D eigenvalue weighted by Gasteiger charge is 2.44. The molecule has 0 aromatic carbocycles. The molecule has 0 spiro atoms. The van der Waals surface area contributed by atoms with Gasteiger partial charge in [0.05, 0.1) is 0 Å². The van der Waals surface area contributed by atoms with Gasteiger partial charge in [0.1, 0.15) is 0 Å². The first kappa shape index (κ1) is 10.2. The summed E-state index contributed by atoms with van der Waals surface area (Å²) in [6, 6.07) is 0. The molecule has 4 nitrogen and oxygen atoms in total. The van der Waals surface area contributed by atoms with Gasteiger partial charge in [0.15, 0.2) is 0 Å². The monoisotopic (exact) mass is 162 g/mol. The molecule has 0 amide bonds. The third-order valence-electron chi connectivity index (χ3n) is 1.94. The van der Waals surface area contributed by atoms with E-state index in [2.05, 4.69) is 13.8 Å². The van der Waals surface area contributed by atoms with Crippen molar-refractivity contribution in [2.75, 3.05) is 6.61 Å². The Morgan fingerprint density at radius 3 is 1.82 bits per heavy atom. The van der Waals surface area contributed by atoms with Crippen molar-refractivity contribution >= 4 is 6.16 Å². The summed E-state index contributed by atoms with van der Waals surface area (Å²) in [6.45, 7) is 4.76. The Bertz CT molecular complexity index is 137. The fourth-order valence-electron chi connectivity index (χ4n) is 0.888. The maximum absolute atomic E-state index is 8.56. The van der Waals surface area contributed by atoms with Crippen LogP contribution in [-0.4, -0.2) is 28.1 Å². The zero-order valence-electron chi connectivity index (χ0n) is 6.74. The number of carboxylic acid groups (broad SMARTS) is 2. The minimum atomic E-state index is -1.83.